The van der Waals surface area contributed by atoms with Crippen LogP contribution in [0.5, 0.6) is 0 Å². The molecule has 0 bridgehead atoms. The van der Waals surface area contributed by atoms with E-state index in [0.717, 1.165) is 17.3 Å². The minimum absolute atomic E-state index is 0.574. The van der Waals surface area contributed by atoms with E-state index in [9.17, 15) is 0 Å². The van der Waals surface area contributed by atoms with Crippen molar-refractivity contribution in [1.29, 1.82) is 0 Å². The van der Waals surface area contributed by atoms with Crippen LogP contribution in [0.2, 0.25) is 0 Å². The van der Waals surface area contributed by atoms with E-state index in [2.05, 4.69) is 49.5 Å². The molecule has 0 radical (unpaired) electrons. The Kier molecular flexibility index (Phi) is 3.90. The molecule has 1 aromatic heterocycles. The summed E-state index contributed by atoms with van der Waals surface area (Å²) >= 11 is 0. The third kappa shape index (κ3) is 2.79. The van der Waals surface area contributed by atoms with Crippen molar-refractivity contribution >= 4 is 16.7 Å². The number of fused-ring (bicyclic) bond motifs is 1. The first-order chi connectivity index (χ1) is 9.74. The highest BCUT2D eigenvalue weighted by Gasteiger charge is 2.20. The van der Waals surface area contributed by atoms with Gasteiger partial charge in [-0.1, -0.05) is 44.4 Å². The van der Waals surface area contributed by atoms with Crippen LogP contribution in [0.1, 0.15) is 44.6 Å². The molecule has 106 valence electrons. The number of pyridine rings is 1. The van der Waals surface area contributed by atoms with Gasteiger partial charge in [0.1, 0.15) is 5.82 Å². The molecule has 1 aliphatic rings. The maximum absolute atomic E-state index is 4.82. The van der Waals surface area contributed by atoms with Gasteiger partial charge in [-0.25, -0.2) is 4.98 Å². The maximum atomic E-state index is 4.82. The maximum Gasteiger partial charge on any atom is 0.129 e. The number of hydrogen-bond acceptors (Lipinski definition) is 2. The lowest BCUT2D eigenvalue weighted by atomic mass is 9.97. The van der Waals surface area contributed by atoms with Crippen molar-refractivity contribution in [3.8, 4) is 0 Å². The number of aryl methyl sites for hydroxylation is 1. The van der Waals surface area contributed by atoms with Gasteiger partial charge < -0.3 is 5.32 Å². The highest BCUT2D eigenvalue weighted by Crippen LogP contribution is 2.27. The summed E-state index contributed by atoms with van der Waals surface area (Å²) in [7, 11) is 0. The number of hydrogen-bond donors (Lipinski definition) is 1. The largest absolute Gasteiger partial charge is 0.367 e. The molecule has 1 N–H and O–H groups in total. The van der Waals surface area contributed by atoms with Crippen LogP contribution < -0.4 is 5.32 Å². The van der Waals surface area contributed by atoms with Gasteiger partial charge in [-0.2, -0.15) is 0 Å². The Balaban J connectivity index is 1.87. The van der Waals surface area contributed by atoms with E-state index in [0.29, 0.717) is 6.04 Å². The number of rotatable bonds is 2. The highest BCUT2D eigenvalue weighted by molar-refractivity contribution is 5.81. The number of aromatic nitrogens is 1. The normalized spacial score (nSPS) is 23.5. The Labute approximate surface area is 121 Å². The monoisotopic (exact) mass is 268 g/mol. The Morgan fingerprint density at radius 3 is 2.80 bits per heavy atom. The number of nitrogens with one attached hydrogen (secondary N) is 1. The summed E-state index contributed by atoms with van der Waals surface area (Å²) in [6, 6.07) is 11.2. The Morgan fingerprint density at radius 2 is 1.90 bits per heavy atom. The van der Waals surface area contributed by atoms with Crippen LogP contribution in [0.3, 0.4) is 0 Å². The lowest BCUT2D eigenvalue weighted by Crippen LogP contribution is -2.27. The van der Waals surface area contributed by atoms with Crippen molar-refractivity contribution in [3.05, 3.63) is 35.9 Å². The standard InChI is InChI=1S/C18H24N2/c1-13-8-4-3-5-10-16(13)19-18-14(2)12-15-9-6-7-11-17(15)20-18/h6-7,9,11-13,16H,3-5,8,10H2,1-2H3,(H,19,20). The van der Waals surface area contributed by atoms with E-state index in [4.69, 9.17) is 4.98 Å². The predicted octanol–water partition coefficient (Wildman–Crippen LogP) is 4.92. The first kappa shape index (κ1) is 13.4. The second-order valence-corrected chi connectivity index (χ2v) is 6.21. The molecule has 1 heterocycles. The van der Waals surface area contributed by atoms with Gasteiger partial charge in [0.05, 0.1) is 5.52 Å². The molecule has 1 saturated carbocycles. The second kappa shape index (κ2) is 5.82. The fourth-order valence-corrected chi connectivity index (χ4v) is 3.25. The summed E-state index contributed by atoms with van der Waals surface area (Å²) in [5.41, 5.74) is 2.34. The number of anilines is 1. The minimum atomic E-state index is 0.574. The van der Waals surface area contributed by atoms with Gasteiger partial charge in [0.2, 0.25) is 0 Å². The number of nitrogens with zero attached hydrogens (tertiary/aromatic N) is 1. The predicted molar refractivity (Wildman–Crippen MR) is 86.1 cm³/mol. The third-order valence-electron chi connectivity index (χ3n) is 4.60. The zero-order valence-electron chi connectivity index (χ0n) is 12.5. The molecule has 0 spiro atoms. The molecule has 0 amide bonds. The highest BCUT2D eigenvalue weighted by atomic mass is 15.0. The topological polar surface area (TPSA) is 24.9 Å². The molecule has 1 aromatic carbocycles. The first-order valence-corrected chi connectivity index (χ1v) is 7.87. The minimum Gasteiger partial charge on any atom is -0.367 e. The third-order valence-corrected chi connectivity index (χ3v) is 4.60. The van der Waals surface area contributed by atoms with Gasteiger partial charge in [0.15, 0.2) is 0 Å². The van der Waals surface area contributed by atoms with E-state index in [1.165, 1.54) is 43.1 Å². The molecule has 0 saturated heterocycles. The fraction of sp³-hybridized carbons (Fsp3) is 0.500. The molecule has 1 fully saturated rings. The Morgan fingerprint density at radius 1 is 1.10 bits per heavy atom. The second-order valence-electron chi connectivity index (χ2n) is 6.21. The van der Waals surface area contributed by atoms with Gasteiger partial charge in [0, 0.05) is 11.4 Å². The molecule has 1 aliphatic carbocycles. The first-order valence-electron chi connectivity index (χ1n) is 7.87. The lowest BCUT2D eigenvalue weighted by molar-refractivity contribution is 0.455. The molecule has 2 unspecified atom stereocenters. The average Bonchev–Trinajstić information content (AvgIpc) is 2.65. The van der Waals surface area contributed by atoms with Gasteiger partial charge >= 0.3 is 0 Å². The zero-order chi connectivity index (χ0) is 13.9. The van der Waals surface area contributed by atoms with E-state index in [-0.39, 0.29) is 0 Å². The Hall–Kier alpha value is -1.57. The van der Waals surface area contributed by atoms with Crippen LogP contribution >= 0.6 is 0 Å². The summed E-state index contributed by atoms with van der Waals surface area (Å²) < 4.78 is 0. The average molecular weight is 268 g/mol. The van der Waals surface area contributed by atoms with Crippen molar-refractivity contribution < 1.29 is 0 Å². The lowest BCUT2D eigenvalue weighted by Gasteiger charge is -2.24. The van der Waals surface area contributed by atoms with Crippen molar-refractivity contribution in [2.75, 3.05) is 5.32 Å². The fourth-order valence-electron chi connectivity index (χ4n) is 3.25. The zero-order valence-corrected chi connectivity index (χ0v) is 12.5. The van der Waals surface area contributed by atoms with Crippen LogP contribution in [-0.2, 0) is 0 Å². The van der Waals surface area contributed by atoms with E-state index < -0.39 is 0 Å². The quantitative estimate of drug-likeness (QED) is 0.782. The van der Waals surface area contributed by atoms with E-state index in [1.807, 2.05) is 0 Å². The van der Waals surface area contributed by atoms with Crippen LogP contribution in [0.25, 0.3) is 10.9 Å². The molecule has 2 atom stereocenters. The van der Waals surface area contributed by atoms with Crippen LogP contribution in [-0.4, -0.2) is 11.0 Å². The van der Waals surface area contributed by atoms with E-state index >= 15 is 0 Å². The summed E-state index contributed by atoms with van der Waals surface area (Å²) in [5.74, 6) is 1.81. The molecule has 20 heavy (non-hydrogen) atoms. The van der Waals surface area contributed by atoms with Crippen molar-refractivity contribution in [2.45, 2.75) is 52.0 Å². The van der Waals surface area contributed by atoms with Crippen LogP contribution in [0.15, 0.2) is 30.3 Å². The van der Waals surface area contributed by atoms with Crippen molar-refractivity contribution in [2.24, 2.45) is 5.92 Å². The van der Waals surface area contributed by atoms with Gasteiger partial charge in [-0.3, -0.25) is 0 Å². The smallest absolute Gasteiger partial charge is 0.129 e. The molecule has 2 aromatic rings. The van der Waals surface area contributed by atoms with E-state index in [1.54, 1.807) is 0 Å². The molecule has 0 aliphatic heterocycles. The summed E-state index contributed by atoms with van der Waals surface area (Å²) in [6.45, 7) is 4.53. The summed E-state index contributed by atoms with van der Waals surface area (Å²) in [4.78, 5) is 4.82. The van der Waals surface area contributed by atoms with Gasteiger partial charge in [0.25, 0.3) is 0 Å². The molecular formula is C18H24N2. The summed E-state index contributed by atoms with van der Waals surface area (Å²) in [6.07, 6.45) is 6.71. The van der Waals surface area contributed by atoms with Crippen LogP contribution in [0, 0.1) is 12.8 Å². The van der Waals surface area contributed by atoms with Crippen molar-refractivity contribution in [1.82, 2.24) is 4.98 Å². The molecular weight excluding hydrogens is 244 g/mol. The van der Waals surface area contributed by atoms with Gasteiger partial charge in [-0.05, 0) is 43.4 Å². The van der Waals surface area contributed by atoms with Crippen LogP contribution in [0.4, 0.5) is 5.82 Å². The van der Waals surface area contributed by atoms with Crippen molar-refractivity contribution in [3.63, 3.8) is 0 Å². The molecule has 3 rings (SSSR count). The SMILES string of the molecule is Cc1cc2ccccc2nc1NC1CCCCCC1C. The number of benzene rings is 1. The number of para-hydroxylation sites is 1. The summed E-state index contributed by atoms with van der Waals surface area (Å²) in [5, 5.41) is 4.95. The molecule has 2 heteroatoms. The Bertz CT molecular complexity index is 591. The molecule has 2 nitrogen and oxygen atoms in total. The van der Waals surface area contributed by atoms with Gasteiger partial charge in [-0.15, -0.1) is 0 Å².